The number of halogens is 6. The first-order valence-electron chi connectivity index (χ1n) is 8.78. The molecule has 162 valence electrons. The molecular formula is C19H16F6N2O3. The Morgan fingerprint density at radius 2 is 1.90 bits per heavy atom. The van der Waals surface area contributed by atoms with Crippen molar-refractivity contribution in [2.45, 2.75) is 18.5 Å². The Balaban J connectivity index is 1.59. The number of morpholine rings is 1. The van der Waals surface area contributed by atoms with E-state index < -0.39 is 35.6 Å². The smallest absolute Gasteiger partial charge is 0.433 e. The Morgan fingerprint density at radius 1 is 1.13 bits per heavy atom. The molecule has 3 rings (SSSR count). The van der Waals surface area contributed by atoms with Gasteiger partial charge in [-0.3, -0.25) is 9.78 Å². The van der Waals surface area contributed by atoms with Gasteiger partial charge < -0.3 is 14.4 Å². The van der Waals surface area contributed by atoms with Crippen LogP contribution in [0, 0.1) is 0 Å². The van der Waals surface area contributed by atoms with Crippen molar-refractivity contribution in [2.24, 2.45) is 0 Å². The standard InChI is InChI=1S/C19H16F6N2O3/c20-18(21,22)13-2-1-3-14(8-13)30-11-15-10-27(6-7-29-15)17(28)12-4-5-16(26-9-12)19(23,24)25/h1-5,8-9,15H,6-7,10-11H2. The van der Waals surface area contributed by atoms with Gasteiger partial charge in [0.1, 0.15) is 24.2 Å². The average Bonchev–Trinajstić information content (AvgIpc) is 2.71. The molecule has 2 heterocycles. The summed E-state index contributed by atoms with van der Waals surface area (Å²) in [5.41, 5.74) is -1.97. The van der Waals surface area contributed by atoms with Gasteiger partial charge in [-0.15, -0.1) is 0 Å². The number of nitrogens with zero attached hydrogens (tertiary/aromatic N) is 2. The summed E-state index contributed by atoms with van der Waals surface area (Å²) in [5.74, 6) is -0.521. The van der Waals surface area contributed by atoms with Crippen LogP contribution < -0.4 is 4.74 Å². The third-order valence-corrected chi connectivity index (χ3v) is 4.32. The predicted molar refractivity (Wildman–Crippen MR) is 91.8 cm³/mol. The molecule has 1 amide bonds. The van der Waals surface area contributed by atoms with Crippen molar-refractivity contribution in [3.8, 4) is 5.75 Å². The van der Waals surface area contributed by atoms with Gasteiger partial charge in [-0.05, 0) is 30.3 Å². The molecule has 0 aliphatic carbocycles. The third kappa shape index (κ3) is 5.41. The van der Waals surface area contributed by atoms with E-state index in [1.165, 1.54) is 17.0 Å². The van der Waals surface area contributed by atoms with Crippen LogP contribution in [-0.4, -0.2) is 48.2 Å². The topological polar surface area (TPSA) is 51.7 Å². The van der Waals surface area contributed by atoms with Crippen molar-refractivity contribution in [3.05, 3.63) is 59.4 Å². The van der Waals surface area contributed by atoms with Gasteiger partial charge in [0.25, 0.3) is 5.91 Å². The van der Waals surface area contributed by atoms with Crippen molar-refractivity contribution in [1.82, 2.24) is 9.88 Å². The first-order chi connectivity index (χ1) is 14.0. The second-order valence-electron chi connectivity index (χ2n) is 6.51. The lowest BCUT2D eigenvalue weighted by molar-refractivity contribution is -0.141. The summed E-state index contributed by atoms with van der Waals surface area (Å²) in [6, 6.07) is 6.13. The van der Waals surface area contributed by atoms with E-state index in [4.69, 9.17) is 9.47 Å². The Labute approximate surface area is 167 Å². The number of hydrogen-bond acceptors (Lipinski definition) is 4. The van der Waals surface area contributed by atoms with E-state index in [2.05, 4.69) is 4.98 Å². The zero-order valence-corrected chi connectivity index (χ0v) is 15.3. The van der Waals surface area contributed by atoms with E-state index in [9.17, 15) is 31.1 Å². The van der Waals surface area contributed by atoms with E-state index in [0.717, 1.165) is 30.5 Å². The molecule has 0 N–H and O–H groups in total. The lowest BCUT2D eigenvalue weighted by Gasteiger charge is -2.32. The number of rotatable bonds is 4. The highest BCUT2D eigenvalue weighted by molar-refractivity contribution is 5.94. The van der Waals surface area contributed by atoms with Gasteiger partial charge in [-0.1, -0.05) is 6.07 Å². The van der Waals surface area contributed by atoms with Crippen LogP contribution >= 0.6 is 0 Å². The van der Waals surface area contributed by atoms with Crippen LogP contribution in [0.3, 0.4) is 0 Å². The maximum Gasteiger partial charge on any atom is 0.433 e. The Kier molecular flexibility index (Phi) is 6.20. The summed E-state index contributed by atoms with van der Waals surface area (Å²) >= 11 is 0. The van der Waals surface area contributed by atoms with Crippen LogP contribution in [0.25, 0.3) is 0 Å². The fourth-order valence-corrected chi connectivity index (χ4v) is 2.83. The van der Waals surface area contributed by atoms with Gasteiger partial charge in [0, 0.05) is 12.7 Å². The summed E-state index contributed by atoms with van der Waals surface area (Å²) in [5, 5.41) is 0. The maximum absolute atomic E-state index is 12.8. The minimum Gasteiger partial charge on any atom is -0.491 e. The molecule has 1 fully saturated rings. The van der Waals surface area contributed by atoms with Crippen LogP contribution in [0.4, 0.5) is 26.3 Å². The van der Waals surface area contributed by atoms with Gasteiger partial charge in [0.05, 0.1) is 24.3 Å². The number of pyridine rings is 1. The Bertz CT molecular complexity index is 883. The number of amides is 1. The van der Waals surface area contributed by atoms with E-state index in [0.29, 0.717) is 0 Å². The minimum absolute atomic E-state index is 0.00353. The van der Waals surface area contributed by atoms with Crippen LogP contribution in [0.2, 0.25) is 0 Å². The van der Waals surface area contributed by atoms with Crippen LogP contribution in [0.5, 0.6) is 5.75 Å². The summed E-state index contributed by atoms with van der Waals surface area (Å²) in [7, 11) is 0. The molecule has 0 radical (unpaired) electrons. The minimum atomic E-state index is -4.60. The van der Waals surface area contributed by atoms with Crippen molar-refractivity contribution in [3.63, 3.8) is 0 Å². The Morgan fingerprint density at radius 3 is 2.53 bits per heavy atom. The first-order valence-corrected chi connectivity index (χ1v) is 8.78. The van der Waals surface area contributed by atoms with Crippen LogP contribution in [0.15, 0.2) is 42.6 Å². The largest absolute Gasteiger partial charge is 0.491 e. The summed E-state index contributed by atoms with van der Waals surface area (Å²) in [6.07, 6.45) is -8.86. The van der Waals surface area contributed by atoms with Gasteiger partial charge in [-0.2, -0.15) is 26.3 Å². The average molecular weight is 434 g/mol. The van der Waals surface area contributed by atoms with Gasteiger partial charge >= 0.3 is 12.4 Å². The predicted octanol–water partition coefficient (Wildman–Crippen LogP) is 4.04. The number of carbonyl (C=O) groups excluding carboxylic acids is 1. The molecule has 1 aliphatic rings. The second kappa shape index (κ2) is 8.50. The lowest BCUT2D eigenvalue weighted by atomic mass is 10.2. The highest BCUT2D eigenvalue weighted by Crippen LogP contribution is 2.31. The highest BCUT2D eigenvalue weighted by atomic mass is 19.4. The van der Waals surface area contributed by atoms with Gasteiger partial charge in [0.2, 0.25) is 0 Å². The number of alkyl halides is 6. The summed E-state index contributed by atoms with van der Waals surface area (Å²) in [4.78, 5) is 17.2. The normalized spacial score (nSPS) is 17.7. The molecule has 1 aromatic carbocycles. The molecule has 1 aliphatic heterocycles. The fourth-order valence-electron chi connectivity index (χ4n) is 2.83. The van der Waals surface area contributed by atoms with Crippen molar-refractivity contribution in [2.75, 3.05) is 26.3 Å². The molecule has 30 heavy (non-hydrogen) atoms. The molecule has 1 saturated heterocycles. The van der Waals surface area contributed by atoms with Gasteiger partial charge in [-0.25, -0.2) is 0 Å². The zero-order chi connectivity index (χ0) is 21.9. The molecule has 1 unspecified atom stereocenters. The zero-order valence-electron chi connectivity index (χ0n) is 15.3. The molecule has 2 aromatic rings. The van der Waals surface area contributed by atoms with Crippen LogP contribution in [-0.2, 0) is 17.1 Å². The van der Waals surface area contributed by atoms with E-state index >= 15 is 0 Å². The quantitative estimate of drug-likeness (QED) is 0.682. The molecule has 1 aromatic heterocycles. The van der Waals surface area contributed by atoms with E-state index in [1.54, 1.807) is 0 Å². The fraction of sp³-hybridized carbons (Fsp3) is 0.368. The molecule has 0 saturated carbocycles. The molecular weight excluding hydrogens is 418 g/mol. The summed E-state index contributed by atoms with van der Waals surface area (Å²) < 4.78 is 86.9. The number of carbonyl (C=O) groups is 1. The number of hydrogen-bond donors (Lipinski definition) is 0. The summed E-state index contributed by atoms with van der Waals surface area (Å²) in [6.45, 7) is 0.325. The molecule has 0 spiro atoms. The molecule has 1 atom stereocenters. The lowest BCUT2D eigenvalue weighted by Crippen LogP contribution is -2.47. The third-order valence-electron chi connectivity index (χ3n) is 4.32. The molecule has 11 heteroatoms. The van der Waals surface area contributed by atoms with E-state index in [1.807, 2.05) is 0 Å². The molecule has 5 nitrogen and oxygen atoms in total. The first kappa shape index (κ1) is 21.9. The molecule has 0 bridgehead atoms. The van der Waals surface area contributed by atoms with Crippen molar-refractivity contribution >= 4 is 5.91 Å². The SMILES string of the molecule is O=C(c1ccc(C(F)(F)F)nc1)N1CCOC(COc2cccc(C(F)(F)F)c2)C1. The monoisotopic (exact) mass is 434 g/mol. The maximum atomic E-state index is 12.8. The Hall–Kier alpha value is -2.82. The van der Waals surface area contributed by atoms with Crippen molar-refractivity contribution in [1.29, 1.82) is 0 Å². The second-order valence-corrected chi connectivity index (χ2v) is 6.51. The van der Waals surface area contributed by atoms with Gasteiger partial charge in [0.15, 0.2) is 0 Å². The van der Waals surface area contributed by atoms with E-state index in [-0.39, 0.29) is 37.6 Å². The number of ether oxygens (including phenoxy) is 2. The van der Waals surface area contributed by atoms with Crippen LogP contribution in [0.1, 0.15) is 21.6 Å². The highest BCUT2D eigenvalue weighted by Gasteiger charge is 2.33. The number of benzene rings is 1. The van der Waals surface area contributed by atoms with Crippen molar-refractivity contribution < 1.29 is 40.6 Å². The number of aromatic nitrogens is 1.